The lowest BCUT2D eigenvalue weighted by Gasteiger charge is -2.16. The zero-order chi connectivity index (χ0) is 14.8. The first-order valence-corrected chi connectivity index (χ1v) is 7.06. The Morgan fingerprint density at radius 1 is 1.00 bits per heavy atom. The van der Waals surface area contributed by atoms with E-state index in [1.54, 1.807) is 16.7 Å². The maximum absolute atomic E-state index is 11.9. The van der Waals surface area contributed by atoms with Gasteiger partial charge in [-0.3, -0.25) is 4.79 Å². The Hall–Kier alpha value is -2.39. The number of benzene rings is 2. The zero-order valence-electron chi connectivity index (χ0n) is 12.0. The molecule has 0 aliphatic carbocycles. The monoisotopic (exact) mass is 278 g/mol. The molecule has 0 aliphatic heterocycles. The van der Waals surface area contributed by atoms with Crippen LogP contribution in [0, 0.1) is 6.92 Å². The van der Waals surface area contributed by atoms with Crippen molar-refractivity contribution in [3.8, 4) is 0 Å². The van der Waals surface area contributed by atoms with Crippen molar-refractivity contribution in [3.05, 3.63) is 82.3 Å². The summed E-state index contributed by atoms with van der Waals surface area (Å²) >= 11 is 0. The largest absolute Gasteiger partial charge is 0.322 e. The molecular formula is C18H18N2O. The highest BCUT2D eigenvalue weighted by Gasteiger charge is 2.09. The molecule has 0 aliphatic rings. The SMILES string of the molecule is Cc1cccc(=O)n1CC(N)c1ccc2ccccc2c1. The highest BCUT2D eigenvalue weighted by atomic mass is 16.1. The summed E-state index contributed by atoms with van der Waals surface area (Å²) in [6.07, 6.45) is 0. The highest BCUT2D eigenvalue weighted by Crippen LogP contribution is 2.20. The Morgan fingerprint density at radius 3 is 2.52 bits per heavy atom. The predicted octanol–water partition coefficient (Wildman–Crippen LogP) is 3.01. The van der Waals surface area contributed by atoms with Gasteiger partial charge in [0.15, 0.2) is 0 Å². The van der Waals surface area contributed by atoms with E-state index in [4.69, 9.17) is 5.73 Å². The fourth-order valence-corrected chi connectivity index (χ4v) is 2.60. The molecule has 0 amide bonds. The molecule has 3 rings (SSSR count). The van der Waals surface area contributed by atoms with Gasteiger partial charge < -0.3 is 10.3 Å². The molecule has 0 saturated carbocycles. The van der Waals surface area contributed by atoms with Gasteiger partial charge in [0.1, 0.15) is 0 Å². The molecule has 0 radical (unpaired) electrons. The van der Waals surface area contributed by atoms with Crippen LogP contribution in [-0.4, -0.2) is 4.57 Å². The lowest BCUT2D eigenvalue weighted by atomic mass is 10.0. The molecule has 106 valence electrons. The van der Waals surface area contributed by atoms with Crippen LogP contribution in [0.1, 0.15) is 17.3 Å². The van der Waals surface area contributed by atoms with E-state index in [2.05, 4.69) is 24.3 Å². The quantitative estimate of drug-likeness (QED) is 0.800. The summed E-state index contributed by atoms with van der Waals surface area (Å²) in [5.41, 5.74) is 8.26. The van der Waals surface area contributed by atoms with Gasteiger partial charge in [0.05, 0.1) is 0 Å². The second kappa shape index (κ2) is 5.54. The van der Waals surface area contributed by atoms with Crippen molar-refractivity contribution in [2.24, 2.45) is 5.73 Å². The molecule has 1 atom stereocenters. The Morgan fingerprint density at radius 2 is 1.76 bits per heavy atom. The molecule has 0 bridgehead atoms. The third-order valence-corrected chi connectivity index (χ3v) is 3.85. The van der Waals surface area contributed by atoms with Crippen LogP contribution in [0.2, 0.25) is 0 Å². The first kappa shape index (κ1) is 13.6. The van der Waals surface area contributed by atoms with Crippen LogP contribution in [0.25, 0.3) is 10.8 Å². The summed E-state index contributed by atoms with van der Waals surface area (Å²) in [6.45, 7) is 2.42. The van der Waals surface area contributed by atoms with E-state index in [-0.39, 0.29) is 11.6 Å². The molecule has 1 unspecified atom stereocenters. The average Bonchev–Trinajstić information content (AvgIpc) is 2.50. The Labute approximate surface area is 123 Å². The molecule has 0 saturated heterocycles. The van der Waals surface area contributed by atoms with Crippen molar-refractivity contribution < 1.29 is 0 Å². The third-order valence-electron chi connectivity index (χ3n) is 3.85. The summed E-state index contributed by atoms with van der Waals surface area (Å²) in [5.74, 6) is 0. The first-order valence-electron chi connectivity index (χ1n) is 7.06. The van der Waals surface area contributed by atoms with Gasteiger partial charge in [-0.15, -0.1) is 0 Å². The van der Waals surface area contributed by atoms with Gasteiger partial charge in [-0.2, -0.15) is 0 Å². The van der Waals surface area contributed by atoms with Gasteiger partial charge in [-0.05, 0) is 35.4 Å². The minimum absolute atomic E-state index is 0.00811. The summed E-state index contributed by atoms with van der Waals surface area (Å²) in [5, 5.41) is 2.36. The Balaban J connectivity index is 1.93. The number of nitrogens with zero attached hydrogens (tertiary/aromatic N) is 1. The number of nitrogens with two attached hydrogens (primary N) is 1. The van der Waals surface area contributed by atoms with Crippen LogP contribution in [0.4, 0.5) is 0 Å². The zero-order valence-corrected chi connectivity index (χ0v) is 12.0. The molecule has 3 nitrogen and oxygen atoms in total. The summed E-state index contributed by atoms with van der Waals surface area (Å²) in [4.78, 5) is 11.9. The predicted molar refractivity (Wildman–Crippen MR) is 86.3 cm³/mol. The van der Waals surface area contributed by atoms with Crippen LogP contribution in [0.5, 0.6) is 0 Å². The van der Waals surface area contributed by atoms with Crippen molar-refractivity contribution in [3.63, 3.8) is 0 Å². The standard InChI is InChI=1S/C18H18N2O/c1-13-5-4-8-18(21)20(13)12-17(19)16-10-9-14-6-2-3-7-15(14)11-16/h2-11,17H,12,19H2,1H3. The van der Waals surface area contributed by atoms with E-state index in [1.165, 1.54) is 10.8 Å². The third kappa shape index (κ3) is 2.73. The number of fused-ring (bicyclic) bond motifs is 1. The smallest absolute Gasteiger partial charge is 0.250 e. The van der Waals surface area contributed by atoms with Crippen molar-refractivity contribution >= 4 is 10.8 Å². The van der Waals surface area contributed by atoms with Crippen molar-refractivity contribution in [2.75, 3.05) is 0 Å². The van der Waals surface area contributed by atoms with Crippen molar-refractivity contribution in [2.45, 2.75) is 19.5 Å². The molecule has 1 aromatic heterocycles. The molecule has 0 spiro atoms. The maximum Gasteiger partial charge on any atom is 0.250 e. The molecule has 3 aromatic rings. The number of hydrogen-bond donors (Lipinski definition) is 1. The van der Waals surface area contributed by atoms with E-state index in [0.29, 0.717) is 6.54 Å². The molecule has 2 aromatic carbocycles. The highest BCUT2D eigenvalue weighted by molar-refractivity contribution is 5.83. The van der Waals surface area contributed by atoms with Gasteiger partial charge in [0.2, 0.25) is 0 Å². The van der Waals surface area contributed by atoms with Crippen molar-refractivity contribution in [1.82, 2.24) is 4.57 Å². The van der Waals surface area contributed by atoms with Crippen LogP contribution < -0.4 is 11.3 Å². The number of aromatic nitrogens is 1. The van der Waals surface area contributed by atoms with Gasteiger partial charge in [-0.1, -0.05) is 42.5 Å². The average molecular weight is 278 g/mol. The summed E-state index contributed by atoms with van der Waals surface area (Å²) in [7, 11) is 0. The van der Waals surface area contributed by atoms with Gasteiger partial charge >= 0.3 is 0 Å². The molecule has 21 heavy (non-hydrogen) atoms. The van der Waals surface area contributed by atoms with E-state index in [0.717, 1.165) is 11.3 Å². The van der Waals surface area contributed by atoms with Crippen molar-refractivity contribution in [1.29, 1.82) is 0 Å². The normalized spacial score (nSPS) is 12.5. The van der Waals surface area contributed by atoms with Crippen LogP contribution >= 0.6 is 0 Å². The molecule has 1 heterocycles. The van der Waals surface area contributed by atoms with Gasteiger partial charge in [0.25, 0.3) is 5.56 Å². The summed E-state index contributed by atoms with van der Waals surface area (Å²) in [6, 6.07) is 19.5. The van der Waals surface area contributed by atoms with Crippen LogP contribution in [0.3, 0.4) is 0 Å². The number of aryl methyl sites for hydroxylation is 1. The number of rotatable bonds is 3. The topological polar surface area (TPSA) is 48.0 Å². The van der Waals surface area contributed by atoms with E-state index in [1.807, 2.05) is 31.2 Å². The molecular weight excluding hydrogens is 260 g/mol. The minimum Gasteiger partial charge on any atom is -0.322 e. The van der Waals surface area contributed by atoms with Crippen LogP contribution in [0.15, 0.2) is 65.5 Å². The molecule has 0 fully saturated rings. The van der Waals surface area contributed by atoms with Gasteiger partial charge in [0, 0.05) is 24.3 Å². The maximum atomic E-state index is 11.9. The molecule has 2 N–H and O–H groups in total. The van der Waals surface area contributed by atoms with Gasteiger partial charge in [-0.25, -0.2) is 0 Å². The number of hydrogen-bond acceptors (Lipinski definition) is 2. The number of pyridine rings is 1. The van der Waals surface area contributed by atoms with E-state index < -0.39 is 0 Å². The van der Waals surface area contributed by atoms with Crippen LogP contribution in [-0.2, 0) is 6.54 Å². The second-order valence-electron chi connectivity index (χ2n) is 5.33. The fraction of sp³-hybridized carbons (Fsp3) is 0.167. The Kier molecular flexibility index (Phi) is 3.59. The first-order chi connectivity index (χ1) is 10.1. The fourth-order valence-electron chi connectivity index (χ4n) is 2.60. The van der Waals surface area contributed by atoms with E-state index >= 15 is 0 Å². The Bertz CT molecular complexity index is 836. The van der Waals surface area contributed by atoms with E-state index in [9.17, 15) is 4.79 Å². The molecule has 3 heteroatoms. The minimum atomic E-state index is -0.201. The lowest BCUT2D eigenvalue weighted by Crippen LogP contribution is -2.27. The summed E-state index contributed by atoms with van der Waals surface area (Å²) < 4.78 is 1.72. The second-order valence-corrected chi connectivity index (χ2v) is 5.33. The lowest BCUT2D eigenvalue weighted by molar-refractivity contribution is 0.551.